The highest BCUT2D eigenvalue weighted by atomic mass is 35.5. The molecule has 0 bridgehead atoms. The highest BCUT2D eigenvalue weighted by molar-refractivity contribution is 6.30. The van der Waals surface area contributed by atoms with Gasteiger partial charge in [-0.2, -0.15) is 0 Å². The van der Waals surface area contributed by atoms with E-state index in [2.05, 4.69) is 0 Å². The van der Waals surface area contributed by atoms with Gasteiger partial charge in [-0.05, 0) is 60.2 Å². The minimum atomic E-state index is -0.438. The summed E-state index contributed by atoms with van der Waals surface area (Å²) in [4.78, 5) is 24.2. The van der Waals surface area contributed by atoms with Crippen LogP contribution >= 0.6 is 11.6 Å². The quantitative estimate of drug-likeness (QED) is 0.262. The van der Waals surface area contributed by atoms with Gasteiger partial charge in [-0.1, -0.05) is 48.0 Å². The Bertz CT molecular complexity index is 927. The third-order valence-corrected chi connectivity index (χ3v) is 3.91. The van der Waals surface area contributed by atoms with Crippen LogP contribution in [0.4, 0.5) is 0 Å². The molecule has 3 aromatic rings. The molecule has 0 fully saturated rings. The average Bonchev–Trinajstić information content (AvgIpc) is 2.68. The van der Waals surface area contributed by atoms with Gasteiger partial charge in [0, 0.05) is 10.6 Å². The second-order valence-electron chi connectivity index (χ2n) is 5.53. The van der Waals surface area contributed by atoms with Crippen molar-refractivity contribution in [2.75, 3.05) is 0 Å². The molecule has 0 unspecified atom stereocenters. The molecule has 3 nitrogen and oxygen atoms in total. The molecular formula is C22H15ClO3. The average molecular weight is 363 g/mol. The van der Waals surface area contributed by atoms with Crippen LogP contribution in [0.25, 0.3) is 6.08 Å². The van der Waals surface area contributed by atoms with E-state index in [1.807, 2.05) is 18.2 Å². The summed E-state index contributed by atoms with van der Waals surface area (Å²) in [5.41, 5.74) is 1.87. The van der Waals surface area contributed by atoms with E-state index in [0.29, 0.717) is 21.9 Å². The smallest absolute Gasteiger partial charge is 0.343 e. The molecule has 0 heterocycles. The number of hydrogen-bond acceptors (Lipinski definition) is 3. The van der Waals surface area contributed by atoms with Gasteiger partial charge >= 0.3 is 5.97 Å². The number of allylic oxidation sites excluding steroid dienone is 1. The fourth-order valence-corrected chi connectivity index (χ4v) is 2.40. The van der Waals surface area contributed by atoms with Crippen LogP contribution in [0.5, 0.6) is 5.75 Å². The van der Waals surface area contributed by atoms with Crippen LogP contribution in [0, 0.1) is 0 Å². The minimum Gasteiger partial charge on any atom is -0.423 e. The van der Waals surface area contributed by atoms with E-state index in [1.54, 1.807) is 66.7 Å². The van der Waals surface area contributed by atoms with Crippen LogP contribution in [0.3, 0.4) is 0 Å². The van der Waals surface area contributed by atoms with E-state index in [1.165, 1.54) is 6.08 Å². The molecule has 0 N–H and O–H groups in total. The van der Waals surface area contributed by atoms with Gasteiger partial charge in [-0.3, -0.25) is 4.79 Å². The molecule has 0 saturated carbocycles. The normalized spacial score (nSPS) is 10.7. The third kappa shape index (κ3) is 4.68. The van der Waals surface area contributed by atoms with Crippen molar-refractivity contribution in [2.45, 2.75) is 0 Å². The summed E-state index contributed by atoms with van der Waals surface area (Å²) in [7, 11) is 0. The Hall–Kier alpha value is -3.17. The molecule has 3 aromatic carbocycles. The number of ether oxygens (including phenoxy) is 1. The Labute approximate surface area is 156 Å². The highest BCUT2D eigenvalue weighted by Crippen LogP contribution is 2.16. The van der Waals surface area contributed by atoms with Crippen LogP contribution in [0.15, 0.2) is 84.9 Å². The van der Waals surface area contributed by atoms with Crippen molar-refractivity contribution < 1.29 is 14.3 Å². The number of halogens is 1. The highest BCUT2D eigenvalue weighted by Gasteiger charge is 2.08. The van der Waals surface area contributed by atoms with Gasteiger partial charge < -0.3 is 4.74 Å². The van der Waals surface area contributed by atoms with Gasteiger partial charge in [0.05, 0.1) is 5.56 Å². The molecule has 0 aromatic heterocycles. The lowest BCUT2D eigenvalue weighted by atomic mass is 10.1. The maximum Gasteiger partial charge on any atom is 0.343 e. The molecule has 0 atom stereocenters. The van der Waals surface area contributed by atoms with E-state index >= 15 is 0 Å². The minimum absolute atomic E-state index is 0.138. The van der Waals surface area contributed by atoms with Gasteiger partial charge in [0.25, 0.3) is 0 Å². The molecule has 128 valence electrons. The first-order valence-corrected chi connectivity index (χ1v) is 8.35. The number of benzene rings is 3. The summed E-state index contributed by atoms with van der Waals surface area (Å²) >= 11 is 5.83. The second kappa shape index (κ2) is 8.28. The zero-order chi connectivity index (χ0) is 18.4. The van der Waals surface area contributed by atoms with Gasteiger partial charge in [0.15, 0.2) is 5.78 Å². The summed E-state index contributed by atoms with van der Waals surface area (Å²) in [6.07, 6.45) is 3.22. The molecule has 26 heavy (non-hydrogen) atoms. The number of carbonyl (C=O) groups excluding carboxylic acids is 2. The molecule has 0 amide bonds. The summed E-state index contributed by atoms with van der Waals surface area (Å²) in [6.45, 7) is 0. The fraction of sp³-hybridized carbons (Fsp3) is 0. The van der Waals surface area contributed by atoms with Crippen molar-refractivity contribution >= 4 is 29.4 Å². The zero-order valence-electron chi connectivity index (χ0n) is 13.8. The molecule has 3 rings (SSSR count). The number of hydrogen-bond donors (Lipinski definition) is 0. The van der Waals surface area contributed by atoms with Gasteiger partial charge in [0.2, 0.25) is 0 Å². The van der Waals surface area contributed by atoms with Crippen molar-refractivity contribution in [3.63, 3.8) is 0 Å². The van der Waals surface area contributed by atoms with Gasteiger partial charge in [0.1, 0.15) is 5.75 Å². The topological polar surface area (TPSA) is 43.4 Å². The Morgan fingerprint density at radius 1 is 0.769 bits per heavy atom. The lowest BCUT2D eigenvalue weighted by Gasteiger charge is -2.04. The lowest BCUT2D eigenvalue weighted by Crippen LogP contribution is -2.08. The molecular weight excluding hydrogens is 348 g/mol. The van der Waals surface area contributed by atoms with Crippen LogP contribution < -0.4 is 4.74 Å². The molecule has 0 aliphatic rings. The third-order valence-electron chi connectivity index (χ3n) is 3.66. The summed E-state index contributed by atoms with van der Waals surface area (Å²) in [6, 6.07) is 22.4. The molecule has 4 heteroatoms. The van der Waals surface area contributed by atoms with E-state index in [-0.39, 0.29) is 5.78 Å². The first-order valence-electron chi connectivity index (χ1n) is 7.97. The van der Waals surface area contributed by atoms with Crippen LogP contribution in [0.1, 0.15) is 26.3 Å². The summed E-state index contributed by atoms with van der Waals surface area (Å²) < 4.78 is 5.29. The molecule has 0 saturated heterocycles. The van der Waals surface area contributed by atoms with Crippen molar-refractivity contribution in [3.8, 4) is 5.75 Å². The largest absolute Gasteiger partial charge is 0.423 e. The standard InChI is InChI=1S/C22H15ClO3/c23-19-11-6-16(7-12-19)8-15-21(24)17-9-13-20(14-10-17)26-22(25)18-4-2-1-3-5-18/h1-15H. The number of esters is 1. The second-order valence-corrected chi connectivity index (χ2v) is 5.97. The fourth-order valence-electron chi connectivity index (χ4n) is 2.27. The maximum atomic E-state index is 12.2. The monoisotopic (exact) mass is 362 g/mol. The molecule has 0 spiro atoms. The molecule has 0 aliphatic carbocycles. The Morgan fingerprint density at radius 3 is 2.08 bits per heavy atom. The molecule has 0 radical (unpaired) electrons. The Morgan fingerprint density at radius 2 is 1.42 bits per heavy atom. The number of carbonyl (C=O) groups is 2. The van der Waals surface area contributed by atoms with E-state index < -0.39 is 5.97 Å². The summed E-state index contributed by atoms with van der Waals surface area (Å²) in [5, 5.41) is 0.647. The van der Waals surface area contributed by atoms with E-state index in [9.17, 15) is 9.59 Å². The predicted molar refractivity (Wildman–Crippen MR) is 103 cm³/mol. The van der Waals surface area contributed by atoms with Crippen molar-refractivity contribution in [3.05, 3.63) is 107 Å². The van der Waals surface area contributed by atoms with E-state index in [4.69, 9.17) is 16.3 Å². The first kappa shape index (κ1) is 17.6. The van der Waals surface area contributed by atoms with E-state index in [0.717, 1.165) is 5.56 Å². The Balaban J connectivity index is 1.64. The first-order chi connectivity index (χ1) is 12.6. The van der Waals surface area contributed by atoms with Crippen LogP contribution in [-0.4, -0.2) is 11.8 Å². The van der Waals surface area contributed by atoms with Gasteiger partial charge in [-0.25, -0.2) is 4.79 Å². The number of rotatable bonds is 5. The van der Waals surface area contributed by atoms with Crippen molar-refractivity contribution in [1.82, 2.24) is 0 Å². The van der Waals surface area contributed by atoms with Crippen LogP contribution in [-0.2, 0) is 0 Å². The predicted octanol–water partition coefficient (Wildman–Crippen LogP) is 5.46. The maximum absolute atomic E-state index is 12.2. The SMILES string of the molecule is O=C(C=Cc1ccc(Cl)cc1)c1ccc(OC(=O)c2ccccc2)cc1. The zero-order valence-corrected chi connectivity index (χ0v) is 14.5. The molecule has 0 aliphatic heterocycles. The van der Waals surface area contributed by atoms with Crippen molar-refractivity contribution in [1.29, 1.82) is 0 Å². The number of ketones is 1. The Kier molecular flexibility index (Phi) is 5.62. The van der Waals surface area contributed by atoms with Gasteiger partial charge in [-0.15, -0.1) is 0 Å². The lowest BCUT2D eigenvalue weighted by molar-refractivity contribution is 0.0734. The summed E-state index contributed by atoms with van der Waals surface area (Å²) in [5.74, 6) is -0.190. The van der Waals surface area contributed by atoms with Crippen LogP contribution in [0.2, 0.25) is 5.02 Å². The van der Waals surface area contributed by atoms with Crippen molar-refractivity contribution in [2.24, 2.45) is 0 Å².